The third-order valence-corrected chi connectivity index (χ3v) is 3.87. The Morgan fingerprint density at radius 2 is 1.58 bits per heavy atom. The smallest absolute Gasteiger partial charge is 0.0214 e. The Morgan fingerprint density at radius 1 is 0.842 bits per heavy atom. The van der Waals surface area contributed by atoms with E-state index < -0.39 is 0 Å². The molecule has 0 heterocycles. The van der Waals surface area contributed by atoms with E-state index in [0.717, 1.165) is 0 Å². The van der Waals surface area contributed by atoms with E-state index in [9.17, 15) is 0 Å². The zero-order valence-corrected chi connectivity index (χ0v) is 11.8. The highest BCUT2D eigenvalue weighted by Gasteiger charge is 2.20. The first-order valence-electron chi connectivity index (χ1n) is 6.92. The van der Waals surface area contributed by atoms with Crippen molar-refractivity contribution in [3.05, 3.63) is 76.7 Å². The van der Waals surface area contributed by atoms with Crippen LogP contribution in [0.2, 0.25) is 0 Å². The van der Waals surface area contributed by atoms with Crippen molar-refractivity contribution in [3.8, 4) is 0 Å². The van der Waals surface area contributed by atoms with E-state index in [1.54, 1.807) is 0 Å². The molecule has 0 heteroatoms. The Morgan fingerprint density at radius 3 is 2.26 bits per heavy atom. The third-order valence-electron chi connectivity index (χ3n) is 3.87. The Bertz CT molecular complexity index is 631. The molecule has 0 N–H and O–H groups in total. The second-order valence-corrected chi connectivity index (χ2v) is 5.56. The molecule has 2 aromatic rings. The van der Waals surface area contributed by atoms with Crippen LogP contribution in [-0.4, -0.2) is 0 Å². The topological polar surface area (TPSA) is 0 Å². The van der Waals surface area contributed by atoms with Crippen molar-refractivity contribution in [2.24, 2.45) is 0 Å². The lowest BCUT2D eigenvalue weighted by Gasteiger charge is -2.12. The zero-order chi connectivity index (χ0) is 13.4. The van der Waals surface area contributed by atoms with E-state index in [0.29, 0.717) is 5.92 Å². The van der Waals surface area contributed by atoms with Crippen LogP contribution in [0.4, 0.5) is 0 Å². The molecule has 0 spiro atoms. The summed E-state index contributed by atoms with van der Waals surface area (Å²) in [5.74, 6) is 0.564. The number of benzene rings is 2. The van der Waals surface area contributed by atoms with Gasteiger partial charge in [-0.1, -0.05) is 56.3 Å². The molecule has 19 heavy (non-hydrogen) atoms. The molecule has 0 unspecified atom stereocenters. The predicted molar refractivity (Wildman–Crippen MR) is 83.0 cm³/mol. The monoisotopic (exact) mass is 247 g/mol. The van der Waals surface area contributed by atoms with Gasteiger partial charge in [0.1, 0.15) is 0 Å². The fourth-order valence-electron chi connectivity index (χ4n) is 2.77. The van der Waals surface area contributed by atoms with Crippen LogP contribution in [0.15, 0.2) is 42.5 Å². The molecule has 1 aliphatic carbocycles. The van der Waals surface area contributed by atoms with Gasteiger partial charge in [-0.25, -0.2) is 0 Å². The van der Waals surface area contributed by atoms with Crippen molar-refractivity contribution >= 4 is 11.6 Å². The average Bonchev–Trinajstić information content (AvgIpc) is 2.85. The Balaban J connectivity index is 2.10. The van der Waals surface area contributed by atoms with Gasteiger partial charge in [0.05, 0.1) is 0 Å². The molecule has 1 radical (unpaired) electrons. The number of hydrogen-bond donors (Lipinski definition) is 0. The zero-order valence-electron chi connectivity index (χ0n) is 11.8. The summed E-state index contributed by atoms with van der Waals surface area (Å²) in [6.07, 6.45) is 4.67. The van der Waals surface area contributed by atoms with Crippen LogP contribution in [0.25, 0.3) is 11.6 Å². The van der Waals surface area contributed by atoms with Gasteiger partial charge in [0.2, 0.25) is 0 Å². The van der Waals surface area contributed by atoms with Gasteiger partial charge in [-0.05, 0) is 52.3 Å². The Hall–Kier alpha value is -1.82. The van der Waals surface area contributed by atoms with Crippen LogP contribution < -0.4 is 0 Å². The van der Waals surface area contributed by atoms with Gasteiger partial charge in [0.15, 0.2) is 0 Å². The second-order valence-electron chi connectivity index (χ2n) is 5.56. The minimum absolute atomic E-state index is 0.564. The quantitative estimate of drug-likeness (QED) is 0.682. The molecule has 0 amide bonds. The molecule has 2 aromatic carbocycles. The van der Waals surface area contributed by atoms with Crippen molar-refractivity contribution < 1.29 is 0 Å². The number of aryl methyl sites for hydroxylation is 1. The molecular formula is C19H19. The number of fused-ring (bicyclic) bond motifs is 1. The molecule has 0 bridgehead atoms. The van der Waals surface area contributed by atoms with Gasteiger partial charge < -0.3 is 0 Å². The fourth-order valence-corrected chi connectivity index (χ4v) is 2.77. The molecular weight excluding hydrogens is 228 g/mol. The first-order chi connectivity index (χ1) is 9.16. The minimum atomic E-state index is 0.564. The summed E-state index contributed by atoms with van der Waals surface area (Å²) < 4.78 is 0. The largest absolute Gasteiger partial charge is 0.0622 e. The minimum Gasteiger partial charge on any atom is -0.0622 e. The molecule has 0 fully saturated rings. The lowest BCUT2D eigenvalue weighted by molar-refractivity contribution is 0.862. The van der Waals surface area contributed by atoms with Gasteiger partial charge in [0, 0.05) is 6.42 Å². The van der Waals surface area contributed by atoms with Gasteiger partial charge in [-0.15, -0.1) is 0 Å². The van der Waals surface area contributed by atoms with E-state index in [4.69, 9.17) is 0 Å². The van der Waals surface area contributed by atoms with Crippen molar-refractivity contribution in [1.29, 1.82) is 0 Å². The van der Waals surface area contributed by atoms with Crippen LogP contribution in [-0.2, 0) is 0 Å². The average molecular weight is 247 g/mol. The first-order valence-corrected chi connectivity index (χ1v) is 6.92. The number of rotatable bonds is 2. The maximum atomic E-state index is 2.34. The van der Waals surface area contributed by atoms with Gasteiger partial charge >= 0.3 is 0 Å². The molecule has 3 rings (SSSR count). The van der Waals surface area contributed by atoms with Crippen LogP contribution in [0.3, 0.4) is 0 Å². The van der Waals surface area contributed by atoms with Crippen LogP contribution in [0.1, 0.15) is 47.6 Å². The summed E-state index contributed by atoms with van der Waals surface area (Å²) in [7, 11) is 0. The lowest BCUT2D eigenvalue weighted by Crippen LogP contribution is -1.95. The number of allylic oxidation sites excluding steroid dienone is 1. The van der Waals surface area contributed by atoms with Crippen LogP contribution in [0, 0.1) is 13.3 Å². The maximum Gasteiger partial charge on any atom is 0.0214 e. The molecule has 0 saturated heterocycles. The molecule has 0 aliphatic heterocycles. The van der Waals surface area contributed by atoms with E-state index in [2.05, 4.69) is 75.7 Å². The summed E-state index contributed by atoms with van der Waals surface area (Å²) >= 11 is 0. The highest BCUT2D eigenvalue weighted by molar-refractivity contribution is 5.96. The molecule has 95 valence electrons. The van der Waals surface area contributed by atoms with Gasteiger partial charge in [0.25, 0.3) is 0 Å². The van der Waals surface area contributed by atoms with E-state index in [1.165, 1.54) is 33.4 Å². The van der Waals surface area contributed by atoms with Crippen molar-refractivity contribution in [2.75, 3.05) is 0 Å². The Labute approximate surface area is 115 Å². The summed E-state index contributed by atoms with van der Waals surface area (Å²) in [6, 6.07) is 15.1. The van der Waals surface area contributed by atoms with Gasteiger partial charge in [-0.2, -0.15) is 0 Å². The molecule has 0 aromatic heterocycles. The van der Waals surface area contributed by atoms with Crippen molar-refractivity contribution in [1.82, 2.24) is 0 Å². The second kappa shape index (κ2) is 4.70. The maximum absolute atomic E-state index is 2.34. The van der Waals surface area contributed by atoms with Crippen molar-refractivity contribution in [2.45, 2.75) is 26.7 Å². The van der Waals surface area contributed by atoms with Crippen molar-refractivity contribution in [3.63, 3.8) is 0 Å². The lowest BCUT2D eigenvalue weighted by atomic mass is 9.92. The standard InChI is InChI=1S/C19H19/c1-13(2)17-10-9-14(3)18-11-16(12-19(17)18)15-7-5-4-6-8-15/h4-13H,1-3H3. The third kappa shape index (κ3) is 2.12. The van der Waals surface area contributed by atoms with Crippen LogP contribution >= 0.6 is 0 Å². The highest BCUT2D eigenvalue weighted by atomic mass is 14.2. The van der Waals surface area contributed by atoms with E-state index >= 15 is 0 Å². The normalized spacial score (nSPS) is 13.6. The summed E-state index contributed by atoms with van der Waals surface area (Å²) in [4.78, 5) is 0. The van der Waals surface area contributed by atoms with Gasteiger partial charge in [-0.3, -0.25) is 0 Å². The summed E-state index contributed by atoms with van der Waals surface area (Å²) in [5.41, 5.74) is 8.24. The highest BCUT2D eigenvalue weighted by Crippen LogP contribution is 2.38. The summed E-state index contributed by atoms with van der Waals surface area (Å²) in [5, 5.41) is 0. The Kier molecular flexibility index (Phi) is 3.02. The van der Waals surface area contributed by atoms with E-state index in [-0.39, 0.29) is 0 Å². The molecule has 0 nitrogen and oxygen atoms in total. The number of hydrogen-bond acceptors (Lipinski definition) is 0. The SMILES string of the molecule is Cc1ccc(C(C)C)c2c1[CH]C(c1ccccc1)=C2. The molecule has 0 atom stereocenters. The molecule has 1 aliphatic rings. The fraction of sp³-hybridized carbons (Fsp3) is 0.211. The predicted octanol–water partition coefficient (Wildman–Crippen LogP) is 5.23. The van der Waals surface area contributed by atoms with E-state index in [1.807, 2.05) is 0 Å². The summed E-state index contributed by atoms with van der Waals surface area (Å²) in [6.45, 7) is 6.72. The van der Waals surface area contributed by atoms with Crippen LogP contribution in [0.5, 0.6) is 0 Å². The first kappa shape index (κ1) is 12.2. The molecule has 0 saturated carbocycles.